The Hall–Kier alpha value is -3.73. The smallest absolute Gasteiger partial charge is 0.407 e. The van der Waals surface area contributed by atoms with Crippen LogP contribution in [0.15, 0.2) is 48.5 Å². The van der Waals surface area contributed by atoms with Crippen LogP contribution in [0.4, 0.5) is 10.5 Å². The predicted octanol–water partition coefficient (Wildman–Crippen LogP) is 4.17. The van der Waals surface area contributed by atoms with Crippen molar-refractivity contribution < 1.29 is 33.3 Å². The van der Waals surface area contributed by atoms with Gasteiger partial charge in [0.15, 0.2) is 0 Å². The maximum Gasteiger partial charge on any atom is 0.407 e. The van der Waals surface area contributed by atoms with Crippen molar-refractivity contribution in [2.75, 3.05) is 57.6 Å². The molecule has 0 aliphatic carbocycles. The van der Waals surface area contributed by atoms with Gasteiger partial charge in [0.1, 0.15) is 5.60 Å². The number of para-hydroxylation sites is 1. The summed E-state index contributed by atoms with van der Waals surface area (Å²) in [5, 5.41) is 5.42. The standard InChI is InChI=1S/C32H43N3O7/c1-32(2,3)42-31(38)34-17-19-40-21-23-41-22-20-39-18-16-33-29(36)14-15-30(37)35-24-27-10-5-4-8-25(27)12-13-26-9-6-7-11-28(26)35/h4-13H,14-24H2,1-3H3,(H,33,36)(H,34,38)/b13-12-. The van der Waals surface area contributed by atoms with Gasteiger partial charge >= 0.3 is 6.09 Å². The summed E-state index contributed by atoms with van der Waals surface area (Å²) in [7, 11) is 0. The van der Waals surface area contributed by atoms with E-state index in [0.29, 0.717) is 59.3 Å². The Morgan fingerprint density at radius 3 is 2.00 bits per heavy atom. The molecule has 0 aromatic heterocycles. The van der Waals surface area contributed by atoms with Crippen LogP contribution in [0.5, 0.6) is 0 Å². The number of nitrogens with one attached hydrogen (secondary N) is 2. The van der Waals surface area contributed by atoms with Crippen molar-refractivity contribution in [3.63, 3.8) is 0 Å². The first kappa shape index (κ1) is 32.8. The number of amides is 3. The van der Waals surface area contributed by atoms with Crippen LogP contribution in [0.25, 0.3) is 12.2 Å². The van der Waals surface area contributed by atoms with E-state index in [1.807, 2.05) is 54.6 Å². The fraction of sp³-hybridized carbons (Fsp3) is 0.469. The van der Waals surface area contributed by atoms with Crippen LogP contribution < -0.4 is 15.5 Å². The van der Waals surface area contributed by atoms with Gasteiger partial charge in [-0.15, -0.1) is 0 Å². The van der Waals surface area contributed by atoms with E-state index in [1.165, 1.54) is 0 Å². The number of rotatable bonds is 15. The Morgan fingerprint density at radius 1 is 0.738 bits per heavy atom. The molecule has 3 amide bonds. The fourth-order valence-electron chi connectivity index (χ4n) is 4.16. The van der Waals surface area contributed by atoms with Crippen molar-refractivity contribution in [1.29, 1.82) is 0 Å². The summed E-state index contributed by atoms with van der Waals surface area (Å²) in [6.45, 7) is 8.88. The SMILES string of the molecule is CC(C)(C)OC(=O)NCCOCCOCCOCCNC(=O)CCC(=O)N1Cc2ccccc2/C=C\c2ccccc21. The molecule has 10 nitrogen and oxygen atoms in total. The number of nitrogens with zero attached hydrogens (tertiary/aromatic N) is 1. The molecule has 1 heterocycles. The van der Waals surface area contributed by atoms with Gasteiger partial charge in [-0.05, 0) is 43.5 Å². The van der Waals surface area contributed by atoms with E-state index >= 15 is 0 Å². The topological polar surface area (TPSA) is 115 Å². The molecule has 42 heavy (non-hydrogen) atoms. The third-order valence-corrected chi connectivity index (χ3v) is 6.15. The molecule has 0 fully saturated rings. The summed E-state index contributed by atoms with van der Waals surface area (Å²) in [6.07, 6.45) is 3.84. The van der Waals surface area contributed by atoms with E-state index in [2.05, 4.69) is 16.7 Å². The number of carbonyl (C=O) groups is 3. The highest BCUT2D eigenvalue weighted by Gasteiger charge is 2.21. The molecule has 0 radical (unpaired) electrons. The maximum absolute atomic E-state index is 13.2. The Bertz CT molecular complexity index is 1190. The third-order valence-electron chi connectivity index (χ3n) is 6.15. The quantitative estimate of drug-likeness (QED) is 0.303. The van der Waals surface area contributed by atoms with E-state index in [1.54, 1.807) is 25.7 Å². The van der Waals surface area contributed by atoms with E-state index in [-0.39, 0.29) is 24.7 Å². The van der Waals surface area contributed by atoms with Crippen LogP contribution in [0.3, 0.4) is 0 Å². The lowest BCUT2D eigenvalue weighted by Crippen LogP contribution is -2.34. The zero-order valence-corrected chi connectivity index (χ0v) is 24.9. The van der Waals surface area contributed by atoms with Gasteiger partial charge in [0.05, 0.1) is 51.9 Å². The van der Waals surface area contributed by atoms with Crippen molar-refractivity contribution in [2.24, 2.45) is 0 Å². The molecular formula is C32H43N3O7. The molecule has 2 N–H and O–H groups in total. The number of fused-ring (bicyclic) bond motifs is 2. The minimum absolute atomic E-state index is 0.0978. The second-order valence-electron chi connectivity index (χ2n) is 10.7. The van der Waals surface area contributed by atoms with Gasteiger partial charge in [-0.2, -0.15) is 0 Å². The van der Waals surface area contributed by atoms with Crippen LogP contribution in [0.2, 0.25) is 0 Å². The molecule has 0 unspecified atom stereocenters. The lowest BCUT2D eigenvalue weighted by molar-refractivity contribution is -0.125. The molecule has 2 aromatic rings. The highest BCUT2D eigenvalue weighted by molar-refractivity contribution is 5.98. The first-order valence-electron chi connectivity index (χ1n) is 14.3. The normalized spacial score (nSPS) is 13.3. The summed E-state index contributed by atoms with van der Waals surface area (Å²) in [4.78, 5) is 38.9. The van der Waals surface area contributed by atoms with Gasteiger partial charge in [0, 0.05) is 25.9 Å². The number of hydrogen-bond acceptors (Lipinski definition) is 7. The van der Waals surface area contributed by atoms with Crippen molar-refractivity contribution in [2.45, 2.75) is 45.8 Å². The minimum atomic E-state index is -0.528. The molecule has 0 saturated heterocycles. The number of ether oxygens (including phenoxy) is 4. The third kappa shape index (κ3) is 12.0. The van der Waals surface area contributed by atoms with Crippen LogP contribution in [0.1, 0.15) is 50.3 Å². The largest absolute Gasteiger partial charge is 0.444 e. The lowest BCUT2D eigenvalue weighted by atomic mass is 10.0. The summed E-state index contributed by atoms with van der Waals surface area (Å²) in [5.41, 5.74) is 3.41. The van der Waals surface area contributed by atoms with E-state index < -0.39 is 11.7 Å². The molecule has 0 atom stereocenters. The van der Waals surface area contributed by atoms with Crippen molar-refractivity contribution in [3.8, 4) is 0 Å². The van der Waals surface area contributed by atoms with Crippen molar-refractivity contribution >= 4 is 35.7 Å². The number of alkyl carbamates (subject to hydrolysis) is 1. The van der Waals surface area contributed by atoms with E-state index in [0.717, 1.165) is 22.4 Å². The first-order valence-corrected chi connectivity index (χ1v) is 14.3. The molecule has 1 aliphatic rings. The van der Waals surface area contributed by atoms with E-state index in [4.69, 9.17) is 18.9 Å². The number of hydrogen-bond donors (Lipinski definition) is 2. The van der Waals surface area contributed by atoms with Gasteiger partial charge in [-0.1, -0.05) is 54.6 Å². The van der Waals surface area contributed by atoms with Gasteiger partial charge in [-0.3, -0.25) is 9.59 Å². The van der Waals surface area contributed by atoms with Crippen LogP contribution >= 0.6 is 0 Å². The Morgan fingerprint density at radius 2 is 1.31 bits per heavy atom. The highest BCUT2D eigenvalue weighted by atomic mass is 16.6. The fourth-order valence-corrected chi connectivity index (χ4v) is 4.16. The Kier molecular flexibility index (Phi) is 13.5. The summed E-state index contributed by atoms with van der Waals surface area (Å²) in [5.74, 6) is -0.290. The van der Waals surface area contributed by atoms with Gasteiger partial charge in [0.25, 0.3) is 0 Å². The van der Waals surface area contributed by atoms with Crippen LogP contribution in [0, 0.1) is 0 Å². The average Bonchev–Trinajstić information content (AvgIpc) is 2.94. The Balaban J connectivity index is 1.23. The molecule has 2 aromatic carbocycles. The second kappa shape index (κ2) is 17.3. The number of anilines is 1. The van der Waals surface area contributed by atoms with Gasteiger partial charge in [0.2, 0.25) is 11.8 Å². The van der Waals surface area contributed by atoms with Crippen molar-refractivity contribution in [1.82, 2.24) is 10.6 Å². The number of benzene rings is 2. The first-order chi connectivity index (χ1) is 20.2. The predicted molar refractivity (Wildman–Crippen MR) is 162 cm³/mol. The minimum Gasteiger partial charge on any atom is -0.444 e. The molecule has 0 spiro atoms. The molecule has 10 heteroatoms. The van der Waals surface area contributed by atoms with Crippen molar-refractivity contribution in [3.05, 3.63) is 65.2 Å². The molecule has 3 rings (SSSR count). The number of carbonyl (C=O) groups excluding carboxylic acids is 3. The van der Waals surface area contributed by atoms with Gasteiger partial charge in [-0.25, -0.2) is 4.79 Å². The second-order valence-corrected chi connectivity index (χ2v) is 10.7. The maximum atomic E-state index is 13.2. The lowest BCUT2D eigenvalue weighted by Gasteiger charge is -2.27. The zero-order chi connectivity index (χ0) is 30.2. The Labute approximate surface area is 248 Å². The monoisotopic (exact) mass is 581 g/mol. The molecule has 0 bridgehead atoms. The van der Waals surface area contributed by atoms with Crippen LogP contribution in [-0.2, 0) is 35.1 Å². The highest BCUT2D eigenvalue weighted by Crippen LogP contribution is 2.29. The van der Waals surface area contributed by atoms with E-state index in [9.17, 15) is 14.4 Å². The molecule has 0 saturated carbocycles. The van der Waals surface area contributed by atoms with Crippen LogP contribution in [-0.4, -0.2) is 76.2 Å². The summed E-state index contributed by atoms with van der Waals surface area (Å²) < 4.78 is 21.5. The molecular weight excluding hydrogens is 538 g/mol. The molecule has 1 aliphatic heterocycles. The summed E-state index contributed by atoms with van der Waals surface area (Å²) >= 11 is 0. The summed E-state index contributed by atoms with van der Waals surface area (Å²) in [6, 6.07) is 15.8. The molecule has 228 valence electrons. The average molecular weight is 582 g/mol. The van der Waals surface area contributed by atoms with Gasteiger partial charge < -0.3 is 34.5 Å². The zero-order valence-electron chi connectivity index (χ0n) is 24.9.